The molecule has 66 valence electrons. The minimum Gasteiger partial charge on any atom is -0.385 e. The second-order valence-corrected chi connectivity index (χ2v) is 3.22. The summed E-state index contributed by atoms with van der Waals surface area (Å²) in [7, 11) is 1.74. The Morgan fingerprint density at radius 1 is 1.55 bits per heavy atom. The normalized spacial score (nSPS) is 31.1. The van der Waals surface area contributed by atoms with Gasteiger partial charge in [-0.1, -0.05) is 0 Å². The van der Waals surface area contributed by atoms with E-state index in [1.807, 2.05) is 0 Å². The van der Waals surface area contributed by atoms with Crippen LogP contribution in [0.15, 0.2) is 0 Å². The molecule has 3 heteroatoms. The molecule has 2 atom stereocenters. The number of hydrogen-bond acceptors (Lipinski definition) is 3. The molecule has 0 aromatic rings. The van der Waals surface area contributed by atoms with Crippen LogP contribution in [0.5, 0.6) is 0 Å². The van der Waals surface area contributed by atoms with Crippen LogP contribution >= 0.6 is 0 Å². The molecule has 1 saturated heterocycles. The first-order valence-corrected chi connectivity index (χ1v) is 4.30. The number of rotatable bonds is 4. The summed E-state index contributed by atoms with van der Waals surface area (Å²) in [6, 6.07) is 0.367. The average Bonchev–Trinajstić information content (AvgIpc) is 2.37. The van der Waals surface area contributed by atoms with E-state index in [4.69, 9.17) is 10.5 Å². The molecule has 11 heavy (non-hydrogen) atoms. The first kappa shape index (κ1) is 8.97. The predicted molar refractivity (Wildman–Crippen MR) is 45.4 cm³/mol. The minimum atomic E-state index is 0.367. The van der Waals surface area contributed by atoms with Crippen molar-refractivity contribution in [1.82, 2.24) is 5.32 Å². The lowest BCUT2D eigenvalue weighted by atomic mass is 9.99. The van der Waals surface area contributed by atoms with Gasteiger partial charge in [0.25, 0.3) is 0 Å². The largest absolute Gasteiger partial charge is 0.385 e. The van der Waals surface area contributed by atoms with Crippen LogP contribution in [0.25, 0.3) is 0 Å². The van der Waals surface area contributed by atoms with Crippen molar-refractivity contribution in [2.45, 2.75) is 18.9 Å². The lowest BCUT2D eigenvalue weighted by Crippen LogP contribution is -2.29. The molecule has 1 heterocycles. The monoisotopic (exact) mass is 158 g/mol. The number of nitrogens with one attached hydrogen (secondary N) is 1. The van der Waals surface area contributed by atoms with Crippen LogP contribution in [0.4, 0.5) is 0 Å². The topological polar surface area (TPSA) is 47.3 Å². The number of ether oxygens (including phenoxy) is 1. The van der Waals surface area contributed by atoms with Gasteiger partial charge in [-0.15, -0.1) is 0 Å². The lowest BCUT2D eigenvalue weighted by molar-refractivity contribution is 0.186. The van der Waals surface area contributed by atoms with Crippen LogP contribution < -0.4 is 11.1 Å². The molecule has 0 aromatic carbocycles. The van der Waals surface area contributed by atoms with Gasteiger partial charge in [0.05, 0.1) is 0 Å². The second kappa shape index (κ2) is 4.70. The molecule has 0 radical (unpaired) electrons. The molecule has 3 N–H and O–H groups in total. The average molecular weight is 158 g/mol. The minimum absolute atomic E-state index is 0.367. The molecule has 0 aliphatic carbocycles. The van der Waals surface area contributed by atoms with Crippen LogP contribution in [-0.2, 0) is 4.74 Å². The van der Waals surface area contributed by atoms with Gasteiger partial charge >= 0.3 is 0 Å². The van der Waals surface area contributed by atoms with Gasteiger partial charge in [-0.3, -0.25) is 0 Å². The van der Waals surface area contributed by atoms with Crippen molar-refractivity contribution in [1.29, 1.82) is 0 Å². The van der Waals surface area contributed by atoms with E-state index in [1.165, 1.54) is 6.42 Å². The van der Waals surface area contributed by atoms with E-state index in [9.17, 15) is 0 Å². The fourth-order valence-corrected chi connectivity index (χ4v) is 1.56. The van der Waals surface area contributed by atoms with Crippen LogP contribution in [0, 0.1) is 5.92 Å². The fourth-order valence-electron chi connectivity index (χ4n) is 1.56. The zero-order chi connectivity index (χ0) is 8.10. The first-order chi connectivity index (χ1) is 5.34. The van der Waals surface area contributed by atoms with Crippen LogP contribution in [0.1, 0.15) is 12.8 Å². The molecule has 0 aromatic heterocycles. The third kappa shape index (κ3) is 2.77. The summed E-state index contributed by atoms with van der Waals surface area (Å²) < 4.78 is 4.98. The molecular weight excluding hydrogens is 140 g/mol. The van der Waals surface area contributed by atoms with Crippen molar-refractivity contribution in [2.75, 3.05) is 26.8 Å². The second-order valence-electron chi connectivity index (χ2n) is 3.22. The summed E-state index contributed by atoms with van der Waals surface area (Å²) >= 11 is 0. The summed E-state index contributed by atoms with van der Waals surface area (Å²) in [5.74, 6) is 0.671. The molecule has 3 nitrogen and oxygen atoms in total. The Balaban J connectivity index is 2.05. The summed E-state index contributed by atoms with van der Waals surface area (Å²) in [4.78, 5) is 0. The van der Waals surface area contributed by atoms with Gasteiger partial charge in [-0.2, -0.15) is 0 Å². The van der Waals surface area contributed by atoms with Gasteiger partial charge in [0.15, 0.2) is 0 Å². The number of hydrogen-bond donors (Lipinski definition) is 2. The Labute approximate surface area is 68.3 Å². The van der Waals surface area contributed by atoms with E-state index < -0.39 is 0 Å². The lowest BCUT2D eigenvalue weighted by Gasteiger charge is -2.12. The summed E-state index contributed by atoms with van der Waals surface area (Å²) in [6.07, 6.45) is 2.33. The summed E-state index contributed by atoms with van der Waals surface area (Å²) in [6.45, 7) is 2.94. The third-order valence-electron chi connectivity index (χ3n) is 2.32. The third-order valence-corrected chi connectivity index (χ3v) is 2.32. The SMILES string of the molecule is COCCC[C@H]1CNC[C@H]1N. The molecular formula is C8H18N2O. The Morgan fingerprint density at radius 2 is 2.36 bits per heavy atom. The van der Waals surface area contributed by atoms with E-state index in [1.54, 1.807) is 7.11 Å². The molecule has 1 fully saturated rings. The van der Waals surface area contributed by atoms with E-state index in [-0.39, 0.29) is 0 Å². The van der Waals surface area contributed by atoms with Crippen molar-refractivity contribution >= 4 is 0 Å². The summed E-state index contributed by atoms with van der Waals surface area (Å²) in [5.41, 5.74) is 5.86. The zero-order valence-electron chi connectivity index (χ0n) is 7.18. The van der Waals surface area contributed by atoms with Gasteiger partial charge in [-0.05, 0) is 25.3 Å². The van der Waals surface area contributed by atoms with Gasteiger partial charge in [-0.25, -0.2) is 0 Å². The molecule has 1 aliphatic heterocycles. The van der Waals surface area contributed by atoms with E-state index >= 15 is 0 Å². The highest BCUT2D eigenvalue weighted by molar-refractivity contribution is 4.83. The van der Waals surface area contributed by atoms with Crippen molar-refractivity contribution in [3.63, 3.8) is 0 Å². The van der Waals surface area contributed by atoms with E-state index in [2.05, 4.69) is 5.32 Å². The highest BCUT2D eigenvalue weighted by Gasteiger charge is 2.22. The number of nitrogens with two attached hydrogens (primary N) is 1. The maximum Gasteiger partial charge on any atom is 0.0462 e. The van der Waals surface area contributed by atoms with Crippen molar-refractivity contribution in [3.8, 4) is 0 Å². The smallest absolute Gasteiger partial charge is 0.0462 e. The Hall–Kier alpha value is -0.120. The van der Waals surface area contributed by atoms with Crippen LogP contribution in [-0.4, -0.2) is 32.8 Å². The first-order valence-electron chi connectivity index (χ1n) is 4.30. The molecule has 0 amide bonds. The molecule has 0 saturated carbocycles. The summed E-state index contributed by atoms with van der Waals surface area (Å²) in [5, 5.41) is 3.28. The predicted octanol–water partition coefficient (Wildman–Crippen LogP) is -0.0403. The molecule has 1 rings (SSSR count). The van der Waals surface area contributed by atoms with Gasteiger partial charge < -0.3 is 15.8 Å². The van der Waals surface area contributed by atoms with Gasteiger partial charge in [0.2, 0.25) is 0 Å². The van der Waals surface area contributed by atoms with Crippen molar-refractivity contribution < 1.29 is 4.74 Å². The van der Waals surface area contributed by atoms with Crippen molar-refractivity contribution in [2.24, 2.45) is 11.7 Å². The van der Waals surface area contributed by atoms with Gasteiger partial charge in [0, 0.05) is 26.3 Å². The highest BCUT2D eigenvalue weighted by atomic mass is 16.5. The fraction of sp³-hybridized carbons (Fsp3) is 1.00. The van der Waals surface area contributed by atoms with Crippen molar-refractivity contribution in [3.05, 3.63) is 0 Å². The highest BCUT2D eigenvalue weighted by Crippen LogP contribution is 2.13. The Kier molecular flexibility index (Phi) is 3.83. The van der Waals surface area contributed by atoms with E-state index in [0.717, 1.165) is 26.1 Å². The Bertz CT molecular complexity index is 108. The van der Waals surface area contributed by atoms with E-state index in [0.29, 0.717) is 12.0 Å². The molecule has 0 unspecified atom stereocenters. The Morgan fingerprint density at radius 3 is 2.91 bits per heavy atom. The molecule has 1 aliphatic rings. The molecule has 0 spiro atoms. The van der Waals surface area contributed by atoms with Gasteiger partial charge in [0.1, 0.15) is 0 Å². The maximum absolute atomic E-state index is 5.86. The molecule has 0 bridgehead atoms. The van der Waals surface area contributed by atoms with Crippen LogP contribution in [0.2, 0.25) is 0 Å². The zero-order valence-corrected chi connectivity index (χ0v) is 7.18. The standard InChI is InChI=1S/C8H18N2O/c1-11-4-2-3-7-5-10-6-8(7)9/h7-8,10H,2-6,9H2,1H3/t7-,8+/m0/s1. The maximum atomic E-state index is 5.86. The number of methoxy groups -OCH3 is 1. The quantitative estimate of drug-likeness (QED) is 0.564. The van der Waals surface area contributed by atoms with Crippen LogP contribution in [0.3, 0.4) is 0 Å².